The third kappa shape index (κ3) is 6.51. The van der Waals surface area contributed by atoms with Gasteiger partial charge in [-0.25, -0.2) is 0 Å². The maximum Gasteiger partial charge on any atom is 0.573 e. The van der Waals surface area contributed by atoms with Gasteiger partial charge in [0.1, 0.15) is 11.8 Å². The van der Waals surface area contributed by atoms with Crippen LogP contribution in [0.3, 0.4) is 0 Å². The number of aryl methyl sites for hydroxylation is 1. The lowest BCUT2D eigenvalue weighted by Gasteiger charge is -2.22. The van der Waals surface area contributed by atoms with E-state index in [0.29, 0.717) is 5.56 Å². The number of benzene rings is 2. The van der Waals surface area contributed by atoms with E-state index in [9.17, 15) is 22.8 Å². The number of hydrogen-bond donors (Lipinski definition) is 2. The van der Waals surface area contributed by atoms with Crippen LogP contribution in [-0.4, -0.2) is 24.2 Å². The topological polar surface area (TPSA) is 67.4 Å². The van der Waals surface area contributed by atoms with E-state index in [1.54, 1.807) is 51.1 Å². The summed E-state index contributed by atoms with van der Waals surface area (Å²) in [6, 6.07) is 11.7. The molecule has 29 heavy (non-hydrogen) atoms. The van der Waals surface area contributed by atoms with Crippen molar-refractivity contribution in [2.24, 2.45) is 5.92 Å². The van der Waals surface area contributed by atoms with Crippen LogP contribution in [0.1, 0.15) is 35.3 Å². The van der Waals surface area contributed by atoms with Crippen molar-refractivity contribution in [3.8, 4) is 5.75 Å². The number of para-hydroxylation sites is 1. The number of carbonyl (C=O) groups is 2. The second-order valence-electron chi connectivity index (χ2n) is 6.88. The van der Waals surface area contributed by atoms with E-state index >= 15 is 0 Å². The zero-order valence-corrected chi connectivity index (χ0v) is 16.3. The number of amides is 2. The number of halogens is 3. The Morgan fingerprint density at radius 2 is 1.66 bits per heavy atom. The lowest BCUT2D eigenvalue weighted by atomic mass is 10.0. The third-order valence-electron chi connectivity index (χ3n) is 4.28. The molecule has 0 aliphatic carbocycles. The summed E-state index contributed by atoms with van der Waals surface area (Å²) >= 11 is 0. The SMILES string of the molecule is Cc1ccccc1C(=O)NC(C(=O)NCc1ccccc1OC(F)(F)F)C(C)C. The first-order valence-electron chi connectivity index (χ1n) is 9.06. The lowest BCUT2D eigenvalue weighted by molar-refractivity contribution is -0.274. The molecular weight excluding hydrogens is 385 g/mol. The fraction of sp³-hybridized carbons (Fsp3) is 0.333. The van der Waals surface area contributed by atoms with Gasteiger partial charge in [-0.3, -0.25) is 9.59 Å². The minimum Gasteiger partial charge on any atom is -0.405 e. The molecule has 0 aliphatic rings. The van der Waals surface area contributed by atoms with Gasteiger partial charge in [0.2, 0.25) is 5.91 Å². The van der Waals surface area contributed by atoms with E-state index in [-0.39, 0.29) is 23.8 Å². The second-order valence-corrected chi connectivity index (χ2v) is 6.88. The van der Waals surface area contributed by atoms with Gasteiger partial charge in [-0.1, -0.05) is 50.2 Å². The normalized spacial score (nSPS) is 12.4. The Kier molecular flexibility index (Phi) is 7.25. The van der Waals surface area contributed by atoms with Gasteiger partial charge in [0.15, 0.2) is 0 Å². The predicted octanol–water partition coefficient (Wildman–Crippen LogP) is 3.96. The molecule has 0 radical (unpaired) electrons. The van der Waals surface area contributed by atoms with Gasteiger partial charge in [0.05, 0.1) is 0 Å². The molecule has 2 rings (SSSR count). The molecule has 1 unspecified atom stereocenters. The number of nitrogens with one attached hydrogen (secondary N) is 2. The Morgan fingerprint density at radius 1 is 1.03 bits per heavy atom. The minimum atomic E-state index is -4.83. The summed E-state index contributed by atoms with van der Waals surface area (Å²) in [5, 5.41) is 5.28. The van der Waals surface area contributed by atoms with Crippen molar-refractivity contribution < 1.29 is 27.5 Å². The average Bonchev–Trinajstić information content (AvgIpc) is 2.64. The summed E-state index contributed by atoms with van der Waals surface area (Å²) in [5.74, 6) is -1.50. The smallest absolute Gasteiger partial charge is 0.405 e. The van der Waals surface area contributed by atoms with Crippen LogP contribution < -0.4 is 15.4 Å². The fourth-order valence-electron chi connectivity index (χ4n) is 2.75. The van der Waals surface area contributed by atoms with Crippen LogP contribution in [0.25, 0.3) is 0 Å². The van der Waals surface area contributed by atoms with Gasteiger partial charge in [-0.2, -0.15) is 0 Å². The number of hydrogen-bond acceptors (Lipinski definition) is 3. The molecule has 156 valence electrons. The van der Waals surface area contributed by atoms with Gasteiger partial charge in [-0.15, -0.1) is 13.2 Å². The van der Waals surface area contributed by atoms with Crippen molar-refractivity contribution in [3.63, 3.8) is 0 Å². The lowest BCUT2D eigenvalue weighted by Crippen LogP contribution is -2.49. The Hall–Kier alpha value is -3.03. The van der Waals surface area contributed by atoms with Crippen LogP contribution in [0.15, 0.2) is 48.5 Å². The molecule has 2 amide bonds. The van der Waals surface area contributed by atoms with Crippen molar-refractivity contribution in [1.29, 1.82) is 0 Å². The van der Waals surface area contributed by atoms with Crippen molar-refractivity contribution in [2.75, 3.05) is 0 Å². The van der Waals surface area contributed by atoms with Crippen molar-refractivity contribution in [1.82, 2.24) is 10.6 Å². The largest absolute Gasteiger partial charge is 0.573 e. The highest BCUT2D eigenvalue weighted by Gasteiger charge is 2.32. The summed E-state index contributed by atoms with van der Waals surface area (Å²) in [6.45, 7) is 5.15. The fourth-order valence-corrected chi connectivity index (χ4v) is 2.75. The third-order valence-corrected chi connectivity index (χ3v) is 4.28. The highest BCUT2D eigenvalue weighted by Crippen LogP contribution is 2.26. The molecule has 8 heteroatoms. The molecule has 2 N–H and O–H groups in total. The van der Waals surface area contributed by atoms with Gasteiger partial charge in [0.25, 0.3) is 5.91 Å². The summed E-state index contributed by atoms with van der Waals surface area (Å²) in [4.78, 5) is 25.2. The number of ether oxygens (including phenoxy) is 1. The van der Waals surface area contributed by atoms with E-state index in [4.69, 9.17) is 0 Å². The molecular formula is C21H23F3N2O3. The van der Waals surface area contributed by atoms with Crippen LogP contribution in [0.5, 0.6) is 5.75 Å². The Balaban J connectivity index is 2.08. The summed E-state index contributed by atoms with van der Waals surface area (Å²) in [6.07, 6.45) is -4.83. The number of alkyl halides is 3. The van der Waals surface area contributed by atoms with E-state index in [2.05, 4.69) is 15.4 Å². The first-order chi connectivity index (χ1) is 13.6. The monoisotopic (exact) mass is 408 g/mol. The first kappa shape index (κ1) is 22.3. The van der Waals surface area contributed by atoms with Gasteiger partial charge in [-0.05, 0) is 30.5 Å². The van der Waals surface area contributed by atoms with Gasteiger partial charge < -0.3 is 15.4 Å². The zero-order valence-electron chi connectivity index (χ0n) is 16.3. The minimum absolute atomic E-state index is 0.172. The van der Waals surface area contributed by atoms with Crippen LogP contribution in [0, 0.1) is 12.8 Å². The highest BCUT2D eigenvalue weighted by molar-refractivity contribution is 5.98. The molecule has 2 aromatic carbocycles. The Bertz CT molecular complexity index is 866. The maximum absolute atomic E-state index is 12.6. The first-order valence-corrected chi connectivity index (χ1v) is 9.06. The molecule has 0 saturated carbocycles. The number of carbonyl (C=O) groups excluding carboxylic acids is 2. The molecule has 0 saturated heterocycles. The van der Waals surface area contributed by atoms with Crippen molar-refractivity contribution in [2.45, 2.75) is 39.7 Å². The van der Waals surface area contributed by atoms with Gasteiger partial charge in [0, 0.05) is 17.7 Å². The van der Waals surface area contributed by atoms with Crippen molar-refractivity contribution >= 4 is 11.8 Å². The Morgan fingerprint density at radius 3 is 2.28 bits per heavy atom. The predicted molar refractivity (Wildman–Crippen MR) is 102 cm³/mol. The van der Waals surface area contributed by atoms with Crippen LogP contribution in [0.2, 0.25) is 0 Å². The highest BCUT2D eigenvalue weighted by atomic mass is 19.4. The molecule has 1 atom stereocenters. The zero-order chi connectivity index (χ0) is 21.6. The maximum atomic E-state index is 12.6. The summed E-state index contributed by atoms with van der Waals surface area (Å²) < 4.78 is 41.6. The molecule has 5 nitrogen and oxygen atoms in total. The Labute approximate surface area is 167 Å². The molecule has 0 spiro atoms. The number of rotatable bonds is 7. The molecule has 2 aromatic rings. The standard InChI is InChI=1S/C21H23F3N2O3/c1-13(2)18(26-19(27)16-10-6-4-8-14(16)3)20(28)25-12-15-9-5-7-11-17(15)29-21(22,23)24/h4-11,13,18H,12H2,1-3H3,(H,25,28)(H,26,27). The van der Waals surface area contributed by atoms with E-state index in [0.717, 1.165) is 5.56 Å². The molecule has 0 heterocycles. The van der Waals surface area contributed by atoms with Gasteiger partial charge >= 0.3 is 6.36 Å². The van der Waals surface area contributed by atoms with Crippen LogP contribution in [-0.2, 0) is 11.3 Å². The van der Waals surface area contributed by atoms with E-state index in [1.807, 2.05) is 0 Å². The van der Waals surface area contributed by atoms with E-state index in [1.165, 1.54) is 18.2 Å². The van der Waals surface area contributed by atoms with Crippen LogP contribution in [0.4, 0.5) is 13.2 Å². The average molecular weight is 408 g/mol. The van der Waals surface area contributed by atoms with Crippen LogP contribution >= 0.6 is 0 Å². The molecule has 0 fully saturated rings. The van der Waals surface area contributed by atoms with Crippen molar-refractivity contribution in [3.05, 3.63) is 65.2 Å². The summed E-state index contributed by atoms with van der Waals surface area (Å²) in [7, 11) is 0. The molecule has 0 aromatic heterocycles. The molecule has 0 bridgehead atoms. The summed E-state index contributed by atoms with van der Waals surface area (Å²) in [5.41, 5.74) is 1.40. The van der Waals surface area contributed by atoms with E-state index < -0.39 is 24.2 Å². The quantitative estimate of drug-likeness (QED) is 0.729. The second kappa shape index (κ2) is 9.45. The molecule has 0 aliphatic heterocycles.